The number of amides is 2. The second kappa shape index (κ2) is 8.29. The van der Waals surface area contributed by atoms with Crippen molar-refractivity contribution in [3.05, 3.63) is 58.6 Å². The molecule has 1 aromatic heterocycles. The molecule has 2 aromatic carbocycles. The largest absolute Gasteiger partial charge is 0.352 e. The summed E-state index contributed by atoms with van der Waals surface area (Å²) < 4.78 is 0.941. The molecule has 3 aromatic rings. The van der Waals surface area contributed by atoms with Gasteiger partial charge in [0.2, 0.25) is 11.8 Å². The molecule has 0 fully saturated rings. The monoisotopic (exact) mass is 387 g/mol. The first kappa shape index (κ1) is 18.4. The number of carbonyl (C=O) groups excluding carboxylic acids is 2. The molecule has 0 aliphatic carbocycles. The standard InChI is InChI=1S/C19H18ClN3O2S/c1-2-17(24)23-19-22-15-7-6-12(9-16(15)26-19)10-18(25)21-11-13-4-3-5-14(20)8-13/h3-9H,2,10-11H2,1H3,(H,21,25)(H,22,23,24). The van der Waals surface area contributed by atoms with Crippen molar-refractivity contribution in [1.29, 1.82) is 0 Å². The number of halogens is 1. The Balaban J connectivity index is 1.62. The van der Waals surface area contributed by atoms with Crippen LogP contribution < -0.4 is 10.6 Å². The highest BCUT2D eigenvalue weighted by Crippen LogP contribution is 2.27. The fourth-order valence-electron chi connectivity index (χ4n) is 2.44. The van der Waals surface area contributed by atoms with Crippen LogP contribution in [0.1, 0.15) is 24.5 Å². The molecule has 0 unspecified atom stereocenters. The van der Waals surface area contributed by atoms with E-state index in [9.17, 15) is 9.59 Å². The van der Waals surface area contributed by atoms with Gasteiger partial charge in [0, 0.05) is 18.0 Å². The van der Waals surface area contributed by atoms with Gasteiger partial charge >= 0.3 is 0 Å². The molecule has 7 heteroatoms. The third kappa shape index (κ3) is 4.80. The number of rotatable bonds is 6. The van der Waals surface area contributed by atoms with Crippen LogP contribution in [0.3, 0.4) is 0 Å². The summed E-state index contributed by atoms with van der Waals surface area (Å²) in [5, 5.41) is 6.89. The average Bonchev–Trinajstić information content (AvgIpc) is 3.01. The number of nitrogens with one attached hydrogen (secondary N) is 2. The third-order valence-electron chi connectivity index (χ3n) is 3.76. The van der Waals surface area contributed by atoms with Crippen molar-refractivity contribution in [2.24, 2.45) is 0 Å². The summed E-state index contributed by atoms with van der Waals surface area (Å²) in [6, 6.07) is 13.1. The molecule has 0 aliphatic rings. The highest BCUT2D eigenvalue weighted by atomic mass is 35.5. The predicted octanol–water partition coefficient (Wildman–Crippen LogP) is 4.16. The van der Waals surface area contributed by atoms with Gasteiger partial charge in [0.15, 0.2) is 5.13 Å². The summed E-state index contributed by atoms with van der Waals surface area (Å²) >= 11 is 7.35. The van der Waals surface area contributed by atoms with E-state index in [2.05, 4.69) is 15.6 Å². The van der Waals surface area contributed by atoms with Gasteiger partial charge in [-0.25, -0.2) is 4.98 Å². The van der Waals surface area contributed by atoms with E-state index >= 15 is 0 Å². The smallest absolute Gasteiger partial charge is 0.225 e. The molecule has 3 rings (SSSR count). The second-order valence-electron chi connectivity index (χ2n) is 5.81. The summed E-state index contributed by atoms with van der Waals surface area (Å²) in [6.07, 6.45) is 0.693. The maximum atomic E-state index is 12.2. The number of hydrogen-bond acceptors (Lipinski definition) is 4. The Morgan fingerprint density at radius 2 is 1.96 bits per heavy atom. The van der Waals surface area contributed by atoms with Crippen molar-refractivity contribution in [1.82, 2.24) is 10.3 Å². The molecule has 2 amide bonds. The fraction of sp³-hybridized carbons (Fsp3) is 0.211. The van der Waals surface area contributed by atoms with Crippen molar-refractivity contribution in [2.75, 3.05) is 5.32 Å². The minimum atomic E-state index is -0.0651. The van der Waals surface area contributed by atoms with E-state index in [0.717, 1.165) is 21.3 Å². The van der Waals surface area contributed by atoms with Crippen LogP contribution in [0.15, 0.2) is 42.5 Å². The Morgan fingerprint density at radius 1 is 1.12 bits per heavy atom. The first-order valence-electron chi connectivity index (χ1n) is 8.24. The van der Waals surface area contributed by atoms with E-state index in [-0.39, 0.29) is 18.2 Å². The summed E-state index contributed by atoms with van der Waals surface area (Å²) in [6.45, 7) is 2.23. The summed E-state index contributed by atoms with van der Waals surface area (Å²) in [7, 11) is 0. The molecular weight excluding hydrogens is 370 g/mol. The van der Waals surface area contributed by atoms with Gasteiger partial charge in [-0.2, -0.15) is 0 Å². The van der Waals surface area contributed by atoms with E-state index in [4.69, 9.17) is 11.6 Å². The van der Waals surface area contributed by atoms with Gasteiger partial charge in [0.1, 0.15) is 0 Å². The lowest BCUT2D eigenvalue weighted by Gasteiger charge is -2.06. The van der Waals surface area contributed by atoms with Crippen LogP contribution in [0, 0.1) is 0 Å². The molecule has 0 atom stereocenters. The number of aromatic nitrogens is 1. The quantitative estimate of drug-likeness (QED) is 0.667. The zero-order valence-corrected chi connectivity index (χ0v) is 15.8. The van der Waals surface area contributed by atoms with Crippen LogP contribution in [0.4, 0.5) is 5.13 Å². The van der Waals surface area contributed by atoms with Crippen LogP contribution in [0.2, 0.25) is 5.02 Å². The number of nitrogens with zero attached hydrogens (tertiary/aromatic N) is 1. The molecule has 2 N–H and O–H groups in total. The van der Waals surface area contributed by atoms with Crippen molar-refractivity contribution < 1.29 is 9.59 Å². The van der Waals surface area contributed by atoms with Crippen LogP contribution in [0.5, 0.6) is 0 Å². The van der Waals surface area contributed by atoms with Crippen molar-refractivity contribution >= 4 is 50.1 Å². The van der Waals surface area contributed by atoms with Gasteiger partial charge in [-0.1, -0.05) is 48.1 Å². The van der Waals surface area contributed by atoms with E-state index in [1.807, 2.05) is 36.4 Å². The molecule has 1 heterocycles. The number of fused-ring (bicyclic) bond motifs is 1. The number of benzene rings is 2. The third-order valence-corrected chi connectivity index (χ3v) is 4.93. The van der Waals surface area contributed by atoms with Gasteiger partial charge in [0.25, 0.3) is 0 Å². The molecular formula is C19H18ClN3O2S. The second-order valence-corrected chi connectivity index (χ2v) is 7.27. The van der Waals surface area contributed by atoms with Crippen LogP contribution >= 0.6 is 22.9 Å². The Hall–Kier alpha value is -2.44. The van der Waals surface area contributed by atoms with E-state index in [1.165, 1.54) is 11.3 Å². The van der Waals surface area contributed by atoms with Crippen molar-refractivity contribution in [3.63, 3.8) is 0 Å². The summed E-state index contributed by atoms with van der Waals surface area (Å²) in [5.74, 6) is -0.127. The summed E-state index contributed by atoms with van der Waals surface area (Å²) in [4.78, 5) is 28.0. The fourth-order valence-corrected chi connectivity index (χ4v) is 3.59. The first-order valence-corrected chi connectivity index (χ1v) is 9.43. The van der Waals surface area contributed by atoms with Gasteiger partial charge in [-0.15, -0.1) is 0 Å². The van der Waals surface area contributed by atoms with Gasteiger partial charge in [-0.05, 0) is 35.4 Å². The number of anilines is 1. The van der Waals surface area contributed by atoms with Gasteiger partial charge < -0.3 is 10.6 Å². The Morgan fingerprint density at radius 3 is 2.73 bits per heavy atom. The zero-order valence-electron chi connectivity index (χ0n) is 14.2. The van der Waals surface area contributed by atoms with Gasteiger partial charge in [-0.3, -0.25) is 9.59 Å². The molecule has 5 nitrogen and oxygen atoms in total. The average molecular weight is 388 g/mol. The van der Waals surface area contributed by atoms with Crippen molar-refractivity contribution in [2.45, 2.75) is 26.3 Å². The Kier molecular flexibility index (Phi) is 5.85. The molecule has 0 radical (unpaired) electrons. The van der Waals surface area contributed by atoms with Gasteiger partial charge in [0.05, 0.1) is 16.6 Å². The zero-order chi connectivity index (χ0) is 18.5. The molecule has 0 aliphatic heterocycles. The van der Waals surface area contributed by atoms with Crippen LogP contribution in [0.25, 0.3) is 10.2 Å². The summed E-state index contributed by atoms with van der Waals surface area (Å²) in [5.41, 5.74) is 2.67. The number of thiazole rings is 1. The SMILES string of the molecule is CCC(=O)Nc1nc2ccc(CC(=O)NCc3cccc(Cl)c3)cc2s1. The number of hydrogen-bond donors (Lipinski definition) is 2. The lowest BCUT2D eigenvalue weighted by atomic mass is 10.1. The Labute approximate surface area is 160 Å². The molecule has 0 saturated heterocycles. The van der Waals surface area contributed by atoms with E-state index in [1.54, 1.807) is 13.0 Å². The molecule has 0 spiro atoms. The molecule has 0 saturated carbocycles. The minimum absolute atomic E-state index is 0.0617. The van der Waals surface area contributed by atoms with E-state index < -0.39 is 0 Å². The van der Waals surface area contributed by atoms with E-state index in [0.29, 0.717) is 23.1 Å². The normalized spacial score (nSPS) is 10.7. The maximum Gasteiger partial charge on any atom is 0.225 e. The van der Waals surface area contributed by atoms with Crippen LogP contribution in [-0.2, 0) is 22.6 Å². The minimum Gasteiger partial charge on any atom is -0.352 e. The lowest BCUT2D eigenvalue weighted by molar-refractivity contribution is -0.120. The highest BCUT2D eigenvalue weighted by molar-refractivity contribution is 7.22. The molecule has 134 valence electrons. The molecule has 0 bridgehead atoms. The molecule has 26 heavy (non-hydrogen) atoms. The number of carbonyl (C=O) groups is 2. The maximum absolute atomic E-state index is 12.2. The first-order chi connectivity index (χ1) is 12.5. The predicted molar refractivity (Wildman–Crippen MR) is 106 cm³/mol. The topological polar surface area (TPSA) is 71.1 Å². The highest BCUT2D eigenvalue weighted by Gasteiger charge is 2.09. The lowest BCUT2D eigenvalue weighted by Crippen LogP contribution is -2.24. The van der Waals surface area contributed by atoms with Crippen molar-refractivity contribution in [3.8, 4) is 0 Å². The Bertz CT molecular complexity index is 955. The van der Waals surface area contributed by atoms with Crippen LogP contribution in [-0.4, -0.2) is 16.8 Å².